The number of ether oxygens (including phenoxy) is 3. The summed E-state index contributed by atoms with van der Waals surface area (Å²) in [5.41, 5.74) is 1.85. The van der Waals surface area contributed by atoms with E-state index in [1.807, 2.05) is 69.4 Å². The van der Waals surface area contributed by atoms with Gasteiger partial charge in [0.2, 0.25) is 0 Å². The second kappa shape index (κ2) is 13.1. The first-order valence-corrected chi connectivity index (χ1v) is 13.2. The number of allylic oxidation sites excluding steroid dienone is 1. The van der Waals surface area contributed by atoms with Crippen molar-refractivity contribution in [3.8, 4) is 11.8 Å². The van der Waals surface area contributed by atoms with Crippen molar-refractivity contribution in [3.05, 3.63) is 71.9 Å². The van der Waals surface area contributed by atoms with Crippen LogP contribution in [0.4, 0.5) is 10.5 Å². The second-order valence-corrected chi connectivity index (χ2v) is 10.4. The molecule has 1 amide bonds. The first-order valence-electron chi connectivity index (χ1n) is 13.2. The van der Waals surface area contributed by atoms with Crippen LogP contribution in [0, 0.1) is 23.2 Å². The number of amides is 1. The summed E-state index contributed by atoms with van der Waals surface area (Å²) < 4.78 is 16.4. The van der Waals surface area contributed by atoms with Crippen molar-refractivity contribution >= 4 is 17.7 Å². The van der Waals surface area contributed by atoms with Crippen LogP contribution in [0.5, 0.6) is 5.75 Å². The molecule has 0 spiro atoms. The van der Waals surface area contributed by atoms with Gasteiger partial charge < -0.3 is 14.2 Å². The minimum atomic E-state index is -0.972. The Balaban J connectivity index is 2.11. The van der Waals surface area contributed by atoms with Crippen molar-refractivity contribution in [2.45, 2.75) is 64.9 Å². The summed E-state index contributed by atoms with van der Waals surface area (Å²) in [5, 5.41) is 10.1. The molecule has 2 aromatic carbocycles. The van der Waals surface area contributed by atoms with Gasteiger partial charge in [-0.3, -0.25) is 9.69 Å². The van der Waals surface area contributed by atoms with Crippen molar-refractivity contribution in [2.75, 3.05) is 18.6 Å². The van der Waals surface area contributed by atoms with E-state index >= 15 is 0 Å². The molecule has 7 heteroatoms. The highest BCUT2D eigenvalue weighted by Crippen LogP contribution is 2.44. The van der Waals surface area contributed by atoms with Crippen molar-refractivity contribution in [3.63, 3.8) is 0 Å². The van der Waals surface area contributed by atoms with E-state index in [-0.39, 0.29) is 12.5 Å². The summed E-state index contributed by atoms with van der Waals surface area (Å²) >= 11 is 0. The van der Waals surface area contributed by atoms with E-state index in [0.717, 1.165) is 36.8 Å². The maximum absolute atomic E-state index is 13.4. The van der Waals surface area contributed by atoms with Crippen LogP contribution in [0.1, 0.15) is 64.9 Å². The Morgan fingerprint density at radius 3 is 2.37 bits per heavy atom. The van der Waals surface area contributed by atoms with Gasteiger partial charge >= 0.3 is 12.1 Å². The van der Waals surface area contributed by atoms with Crippen LogP contribution in [0.15, 0.2) is 66.4 Å². The molecule has 0 radical (unpaired) electrons. The highest BCUT2D eigenvalue weighted by Gasteiger charge is 2.39. The molecule has 202 valence electrons. The minimum absolute atomic E-state index is 0.136. The molecule has 0 N–H and O–H groups in total. The molecule has 1 saturated carbocycles. The van der Waals surface area contributed by atoms with E-state index in [9.17, 15) is 14.9 Å². The largest absolute Gasteiger partial charge is 0.497 e. The first kappa shape index (κ1) is 28.8. The molecular weight excluding hydrogens is 480 g/mol. The number of carbonyl (C=O) groups excluding carboxylic acids is 2. The van der Waals surface area contributed by atoms with Crippen LogP contribution in [0.25, 0.3) is 0 Å². The third-order valence-electron chi connectivity index (χ3n) is 6.60. The van der Waals surface area contributed by atoms with Crippen molar-refractivity contribution in [1.82, 2.24) is 0 Å². The second-order valence-electron chi connectivity index (χ2n) is 10.4. The number of esters is 1. The Labute approximate surface area is 226 Å². The molecule has 7 nitrogen and oxygen atoms in total. The van der Waals surface area contributed by atoms with Gasteiger partial charge in [0, 0.05) is 12.1 Å². The SMILES string of the molecule is CCOC(=O)C(C#N)[C@@H](c1ccccc1)[C@@H]1CCCCC1=CN(C(=O)OC(C)(C)C)c1ccc(OC)cc1. The predicted octanol–water partition coefficient (Wildman–Crippen LogP) is 7.00. The summed E-state index contributed by atoms with van der Waals surface area (Å²) in [7, 11) is 1.59. The Bertz CT molecular complexity index is 1150. The standard InChI is InChI=1S/C31H38N2O5/c1-6-37-29(34)27(20-32)28(22-12-8-7-9-13-22)26-15-11-10-14-23(26)21-33(30(35)38-31(2,3)4)24-16-18-25(36-5)19-17-24/h7-9,12-13,16-19,21,26-28H,6,10-11,14-15H2,1-5H3/t26-,27?,28+/m1/s1. The first-order chi connectivity index (χ1) is 18.2. The average molecular weight is 519 g/mol. The van der Waals surface area contributed by atoms with Gasteiger partial charge in [0.05, 0.1) is 25.5 Å². The maximum atomic E-state index is 13.4. The van der Waals surface area contributed by atoms with E-state index in [2.05, 4.69) is 6.07 Å². The average Bonchev–Trinajstić information content (AvgIpc) is 2.90. The Morgan fingerprint density at radius 2 is 1.79 bits per heavy atom. The van der Waals surface area contributed by atoms with E-state index in [1.54, 1.807) is 26.2 Å². The zero-order chi connectivity index (χ0) is 27.7. The van der Waals surface area contributed by atoms with Crippen molar-refractivity contribution < 1.29 is 23.8 Å². The lowest BCUT2D eigenvalue weighted by molar-refractivity contribution is -0.147. The molecular formula is C31H38N2O5. The fourth-order valence-corrected chi connectivity index (χ4v) is 4.93. The normalized spacial score (nSPS) is 18.1. The van der Waals surface area contributed by atoms with Gasteiger partial charge in [-0.25, -0.2) is 4.79 Å². The Hall–Kier alpha value is -3.79. The van der Waals surface area contributed by atoms with Gasteiger partial charge in [0.1, 0.15) is 11.4 Å². The molecule has 0 aliphatic heterocycles. The van der Waals surface area contributed by atoms with Gasteiger partial charge in [-0.1, -0.05) is 36.8 Å². The summed E-state index contributed by atoms with van der Waals surface area (Å²) in [6.45, 7) is 7.43. The van der Waals surface area contributed by atoms with Crippen LogP contribution in [0.3, 0.4) is 0 Å². The zero-order valence-electron chi connectivity index (χ0n) is 23.0. The third kappa shape index (κ3) is 7.38. The monoisotopic (exact) mass is 518 g/mol. The number of nitriles is 1. The number of anilines is 1. The number of carbonyl (C=O) groups is 2. The van der Waals surface area contributed by atoms with E-state index in [4.69, 9.17) is 14.2 Å². The lowest BCUT2D eigenvalue weighted by Gasteiger charge is -2.36. The van der Waals surface area contributed by atoms with E-state index < -0.39 is 29.5 Å². The Morgan fingerprint density at radius 1 is 1.11 bits per heavy atom. The molecule has 0 aromatic heterocycles. The predicted molar refractivity (Wildman–Crippen MR) is 147 cm³/mol. The number of rotatable bonds is 8. The van der Waals surface area contributed by atoms with Crippen LogP contribution >= 0.6 is 0 Å². The minimum Gasteiger partial charge on any atom is -0.497 e. The van der Waals surface area contributed by atoms with Gasteiger partial charge in [-0.15, -0.1) is 0 Å². The zero-order valence-corrected chi connectivity index (χ0v) is 23.0. The van der Waals surface area contributed by atoms with Gasteiger partial charge in [0.25, 0.3) is 0 Å². The molecule has 0 bridgehead atoms. The van der Waals surface area contributed by atoms with Gasteiger partial charge in [-0.05, 0) is 88.3 Å². The summed E-state index contributed by atoms with van der Waals surface area (Å²) in [5.74, 6) is -1.36. The molecule has 1 fully saturated rings. The number of nitrogens with zero attached hydrogens (tertiary/aromatic N) is 2. The van der Waals surface area contributed by atoms with E-state index in [1.165, 1.54) is 4.90 Å². The summed E-state index contributed by atoms with van der Waals surface area (Å²) in [4.78, 5) is 27.9. The highest BCUT2D eigenvalue weighted by molar-refractivity contribution is 5.90. The molecule has 1 aliphatic rings. The molecule has 3 atom stereocenters. The van der Waals surface area contributed by atoms with Crippen molar-refractivity contribution in [1.29, 1.82) is 5.26 Å². The number of hydrogen-bond acceptors (Lipinski definition) is 6. The topological polar surface area (TPSA) is 88.9 Å². The molecule has 3 rings (SSSR count). The van der Waals surface area contributed by atoms with E-state index in [0.29, 0.717) is 11.4 Å². The number of benzene rings is 2. The molecule has 0 saturated heterocycles. The third-order valence-corrected chi connectivity index (χ3v) is 6.60. The molecule has 1 unspecified atom stereocenters. The maximum Gasteiger partial charge on any atom is 0.418 e. The number of methoxy groups -OCH3 is 1. The molecule has 1 aliphatic carbocycles. The van der Waals surface area contributed by atoms with Crippen LogP contribution in [0.2, 0.25) is 0 Å². The van der Waals surface area contributed by atoms with Crippen LogP contribution in [-0.4, -0.2) is 31.4 Å². The van der Waals surface area contributed by atoms with Crippen LogP contribution < -0.4 is 9.64 Å². The molecule has 2 aromatic rings. The van der Waals surface area contributed by atoms with Crippen LogP contribution in [-0.2, 0) is 14.3 Å². The molecule has 38 heavy (non-hydrogen) atoms. The fraction of sp³-hybridized carbons (Fsp3) is 0.452. The number of hydrogen-bond donors (Lipinski definition) is 0. The van der Waals surface area contributed by atoms with Gasteiger partial charge in [-0.2, -0.15) is 5.26 Å². The Kier molecular flexibility index (Phi) is 9.95. The lowest BCUT2D eigenvalue weighted by Crippen LogP contribution is -2.35. The lowest BCUT2D eigenvalue weighted by atomic mass is 9.69. The molecule has 0 heterocycles. The quantitative estimate of drug-likeness (QED) is 0.350. The summed E-state index contributed by atoms with van der Waals surface area (Å²) in [6.07, 6.45) is 4.78. The summed E-state index contributed by atoms with van der Waals surface area (Å²) in [6, 6.07) is 19.1. The highest BCUT2D eigenvalue weighted by atomic mass is 16.6. The van der Waals surface area contributed by atoms with Gasteiger partial charge in [0.15, 0.2) is 5.92 Å². The fourth-order valence-electron chi connectivity index (χ4n) is 4.93. The smallest absolute Gasteiger partial charge is 0.418 e. The van der Waals surface area contributed by atoms with Crippen molar-refractivity contribution in [2.24, 2.45) is 11.8 Å².